The number of carbonyl (C=O) groups excluding carboxylic acids is 1. The zero-order valence-electron chi connectivity index (χ0n) is 12.8. The molecular weight excluding hydrogens is 384 g/mol. The van der Waals surface area contributed by atoms with Gasteiger partial charge in [-0.2, -0.15) is 0 Å². The first-order valence-corrected chi connectivity index (χ1v) is 9.19. The number of nitro benzene ring substituents is 1. The summed E-state index contributed by atoms with van der Waals surface area (Å²) >= 11 is 8.82. The fourth-order valence-electron chi connectivity index (χ4n) is 2.04. The molecule has 10 heteroatoms. The van der Waals surface area contributed by atoms with Crippen LogP contribution < -0.4 is 5.32 Å². The van der Waals surface area contributed by atoms with Crippen molar-refractivity contribution in [1.82, 2.24) is 9.97 Å². The van der Waals surface area contributed by atoms with Crippen molar-refractivity contribution in [2.75, 3.05) is 5.32 Å². The molecule has 1 N–H and O–H groups in total. The van der Waals surface area contributed by atoms with E-state index >= 15 is 0 Å². The van der Waals surface area contributed by atoms with E-state index in [1.54, 1.807) is 6.92 Å². The van der Waals surface area contributed by atoms with E-state index in [2.05, 4.69) is 15.3 Å². The van der Waals surface area contributed by atoms with Gasteiger partial charge in [0.25, 0.3) is 5.69 Å². The maximum atomic E-state index is 12.4. The SMILES string of the molecule is CC(Sc1ncnc2sccc12)C(=O)Nc1ccc([N+](=O)[O-])cc1Cl. The number of nitrogens with zero attached hydrogens (tertiary/aromatic N) is 3. The third-order valence-corrected chi connectivity index (χ3v) is 5.55. The van der Waals surface area contributed by atoms with Crippen LogP contribution in [0.25, 0.3) is 10.2 Å². The highest BCUT2D eigenvalue weighted by molar-refractivity contribution is 8.00. The fraction of sp³-hybridized carbons (Fsp3) is 0.133. The number of carbonyl (C=O) groups is 1. The lowest BCUT2D eigenvalue weighted by Crippen LogP contribution is -2.22. The van der Waals surface area contributed by atoms with Crippen LogP contribution in [0.4, 0.5) is 11.4 Å². The normalized spacial score (nSPS) is 12.1. The van der Waals surface area contributed by atoms with Gasteiger partial charge in [-0.15, -0.1) is 11.3 Å². The third kappa shape index (κ3) is 3.89. The number of amides is 1. The van der Waals surface area contributed by atoms with Crippen molar-refractivity contribution < 1.29 is 9.72 Å². The van der Waals surface area contributed by atoms with Crippen molar-refractivity contribution in [3.8, 4) is 0 Å². The molecule has 0 radical (unpaired) electrons. The predicted octanol–water partition coefficient (Wildman–Crippen LogP) is 4.37. The van der Waals surface area contributed by atoms with Gasteiger partial charge in [-0.05, 0) is 24.4 Å². The van der Waals surface area contributed by atoms with Crippen LogP contribution in [0.5, 0.6) is 0 Å². The zero-order chi connectivity index (χ0) is 18.0. The quantitative estimate of drug-likeness (QED) is 0.298. The highest BCUT2D eigenvalue weighted by Gasteiger charge is 2.19. The maximum Gasteiger partial charge on any atom is 0.271 e. The summed E-state index contributed by atoms with van der Waals surface area (Å²) in [5, 5.41) is 16.6. The van der Waals surface area contributed by atoms with Gasteiger partial charge in [0.05, 0.1) is 20.9 Å². The highest BCUT2D eigenvalue weighted by atomic mass is 35.5. The molecule has 2 heterocycles. The number of non-ortho nitro benzene ring substituents is 1. The Bertz CT molecular complexity index is 963. The van der Waals surface area contributed by atoms with Crippen LogP contribution in [-0.4, -0.2) is 26.0 Å². The number of fused-ring (bicyclic) bond motifs is 1. The number of halogens is 1. The number of aromatic nitrogens is 2. The van der Waals surface area contributed by atoms with Crippen molar-refractivity contribution in [2.45, 2.75) is 17.2 Å². The Kier molecular flexibility index (Phi) is 5.16. The van der Waals surface area contributed by atoms with E-state index in [-0.39, 0.29) is 16.6 Å². The van der Waals surface area contributed by atoms with Crippen molar-refractivity contribution >= 4 is 62.2 Å². The summed E-state index contributed by atoms with van der Waals surface area (Å²) < 4.78 is 0. The number of nitrogens with one attached hydrogen (secondary N) is 1. The lowest BCUT2D eigenvalue weighted by atomic mass is 10.2. The van der Waals surface area contributed by atoms with Gasteiger partial charge in [0.1, 0.15) is 16.2 Å². The van der Waals surface area contributed by atoms with Gasteiger partial charge in [0, 0.05) is 17.5 Å². The van der Waals surface area contributed by atoms with Crippen molar-refractivity contribution in [3.05, 3.63) is 51.1 Å². The molecule has 3 aromatic rings. The average molecular weight is 395 g/mol. The zero-order valence-corrected chi connectivity index (χ0v) is 15.2. The molecule has 1 amide bonds. The molecule has 1 atom stereocenters. The van der Waals surface area contributed by atoms with E-state index < -0.39 is 10.2 Å². The standard InChI is InChI=1S/C15H11ClN4O3S2/c1-8(25-15-10-4-5-24-14(10)17-7-18-15)13(21)19-12-3-2-9(20(22)23)6-11(12)16/h2-8H,1H3,(H,19,21). The lowest BCUT2D eigenvalue weighted by Gasteiger charge is -2.12. The summed E-state index contributed by atoms with van der Waals surface area (Å²) in [7, 11) is 0. The number of thioether (sulfide) groups is 1. The largest absolute Gasteiger partial charge is 0.324 e. The van der Waals surface area contributed by atoms with E-state index in [1.165, 1.54) is 47.6 Å². The summed E-state index contributed by atoms with van der Waals surface area (Å²) in [6.45, 7) is 1.75. The number of hydrogen-bond acceptors (Lipinski definition) is 7. The fourth-order valence-corrected chi connectivity index (χ4v) is 3.96. The van der Waals surface area contributed by atoms with E-state index in [9.17, 15) is 14.9 Å². The van der Waals surface area contributed by atoms with Gasteiger partial charge in [-0.25, -0.2) is 9.97 Å². The molecule has 3 rings (SSSR count). The number of nitro groups is 1. The Morgan fingerprint density at radius 2 is 2.20 bits per heavy atom. The predicted molar refractivity (Wildman–Crippen MR) is 99.5 cm³/mol. The Hall–Kier alpha value is -2.23. The van der Waals surface area contributed by atoms with Crippen LogP contribution >= 0.6 is 34.7 Å². The number of thiophene rings is 1. The number of benzene rings is 1. The smallest absolute Gasteiger partial charge is 0.271 e. The summed E-state index contributed by atoms with van der Waals surface area (Å²) in [4.78, 5) is 31.9. The molecule has 0 fully saturated rings. The molecule has 128 valence electrons. The maximum absolute atomic E-state index is 12.4. The number of hydrogen-bond donors (Lipinski definition) is 1. The lowest BCUT2D eigenvalue weighted by molar-refractivity contribution is -0.384. The van der Waals surface area contributed by atoms with Gasteiger partial charge in [-0.3, -0.25) is 14.9 Å². The van der Waals surface area contributed by atoms with Crippen LogP contribution in [0.3, 0.4) is 0 Å². The average Bonchev–Trinajstić information content (AvgIpc) is 3.06. The minimum atomic E-state index is -0.544. The third-order valence-electron chi connectivity index (χ3n) is 3.30. The van der Waals surface area contributed by atoms with Crippen molar-refractivity contribution in [1.29, 1.82) is 0 Å². The van der Waals surface area contributed by atoms with E-state index in [0.717, 1.165) is 15.2 Å². The molecule has 1 unspecified atom stereocenters. The minimum absolute atomic E-state index is 0.113. The van der Waals surface area contributed by atoms with Crippen molar-refractivity contribution in [2.24, 2.45) is 0 Å². The molecule has 7 nitrogen and oxygen atoms in total. The summed E-state index contributed by atoms with van der Waals surface area (Å²) in [5.41, 5.74) is 0.194. The second kappa shape index (κ2) is 7.34. The first-order chi connectivity index (χ1) is 12.0. The second-order valence-electron chi connectivity index (χ2n) is 4.99. The number of rotatable bonds is 5. The van der Waals surface area contributed by atoms with Crippen LogP contribution in [0.2, 0.25) is 5.02 Å². The van der Waals surface area contributed by atoms with Crippen LogP contribution in [-0.2, 0) is 4.79 Å². The van der Waals surface area contributed by atoms with Gasteiger partial charge in [-0.1, -0.05) is 23.4 Å². The molecule has 25 heavy (non-hydrogen) atoms. The minimum Gasteiger partial charge on any atom is -0.324 e. The topological polar surface area (TPSA) is 98.0 Å². The Labute approximate surface area is 155 Å². The summed E-state index contributed by atoms with van der Waals surface area (Å²) in [6.07, 6.45) is 1.47. The van der Waals surface area contributed by atoms with Crippen molar-refractivity contribution in [3.63, 3.8) is 0 Å². The van der Waals surface area contributed by atoms with Crippen LogP contribution in [0.1, 0.15) is 6.92 Å². The van der Waals surface area contributed by atoms with E-state index in [4.69, 9.17) is 11.6 Å². The Morgan fingerprint density at radius 3 is 2.92 bits per heavy atom. The number of anilines is 1. The van der Waals surface area contributed by atoms with Gasteiger partial charge >= 0.3 is 0 Å². The molecule has 0 bridgehead atoms. The molecule has 2 aromatic heterocycles. The highest BCUT2D eigenvalue weighted by Crippen LogP contribution is 2.32. The monoisotopic (exact) mass is 394 g/mol. The van der Waals surface area contributed by atoms with Gasteiger partial charge in [0.2, 0.25) is 5.91 Å². The summed E-state index contributed by atoms with van der Waals surface area (Å²) in [6, 6.07) is 5.82. The second-order valence-corrected chi connectivity index (χ2v) is 7.62. The molecule has 0 saturated carbocycles. The first kappa shape index (κ1) is 17.6. The summed E-state index contributed by atoms with van der Waals surface area (Å²) in [5.74, 6) is -0.275. The Morgan fingerprint density at radius 1 is 1.40 bits per heavy atom. The first-order valence-electron chi connectivity index (χ1n) is 7.05. The molecule has 0 spiro atoms. The molecule has 0 aliphatic carbocycles. The van der Waals surface area contributed by atoms with E-state index in [0.29, 0.717) is 5.69 Å². The van der Waals surface area contributed by atoms with Gasteiger partial charge in [0.15, 0.2) is 0 Å². The molecule has 0 aliphatic rings. The molecular formula is C15H11ClN4O3S2. The van der Waals surface area contributed by atoms with Crippen LogP contribution in [0.15, 0.2) is 41.0 Å². The molecule has 1 aromatic carbocycles. The van der Waals surface area contributed by atoms with Gasteiger partial charge < -0.3 is 5.32 Å². The van der Waals surface area contributed by atoms with Crippen LogP contribution in [0, 0.1) is 10.1 Å². The van der Waals surface area contributed by atoms with E-state index in [1.807, 2.05) is 11.4 Å². The molecule has 0 aliphatic heterocycles. The molecule has 0 saturated heterocycles. The Balaban J connectivity index is 1.73.